The van der Waals surface area contributed by atoms with Crippen LogP contribution in [-0.2, 0) is 0 Å². The number of halogens is 1. The highest BCUT2D eigenvalue weighted by Gasteiger charge is 2.28. The highest BCUT2D eigenvalue weighted by atomic mass is 35.5. The molecule has 2 heterocycles. The van der Waals surface area contributed by atoms with Crippen molar-refractivity contribution in [2.45, 2.75) is 25.2 Å². The summed E-state index contributed by atoms with van der Waals surface area (Å²) >= 11 is 6.12. The van der Waals surface area contributed by atoms with E-state index in [1.54, 1.807) is 6.07 Å². The van der Waals surface area contributed by atoms with Crippen LogP contribution < -0.4 is 14.8 Å². The van der Waals surface area contributed by atoms with Crippen LogP contribution in [0.25, 0.3) is 0 Å². The summed E-state index contributed by atoms with van der Waals surface area (Å²) in [5, 5.41) is 14.0. The first-order valence-corrected chi connectivity index (χ1v) is 7.17. The molecule has 0 radical (unpaired) electrons. The van der Waals surface area contributed by atoms with E-state index in [2.05, 4.69) is 5.32 Å². The molecule has 4 nitrogen and oxygen atoms in total. The quantitative estimate of drug-likeness (QED) is 0.832. The number of phenolic OH excluding ortho intramolecular Hbond substituents is 1. The number of hydrogen-bond donors (Lipinski definition) is 2. The lowest BCUT2D eigenvalue weighted by atomic mass is 9.90. The number of benzene rings is 1. The SMILES string of the molecule is Oc1c(Cl)cc2c(c1C1CCCNC1)OCCCO2. The number of rotatable bonds is 1. The lowest BCUT2D eigenvalue weighted by Crippen LogP contribution is -2.28. The van der Waals surface area contributed by atoms with Crippen LogP contribution >= 0.6 is 11.6 Å². The third kappa shape index (κ3) is 2.47. The Balaban J connectivity index is 2.07. The third-order valence-electron chi connectivity index (χ3n) is 3.71. The van der Waals surface area contributed by atoms with Crippen molar-refractivity contribution in [2.24, 2.45) is 0 Å². The molecule has 0 spiro atoms. The Bertz CT molecular complexity index is 472. The van der Waals surface area contributed by atoms with E-state index in [4.69, 9.17) is 21.1 Å². The second kappa shape index (κ2) is 5.47. The van der Waals surface area contributed by atoms with Gasteiger partial charge in [0.25, 0.3) is 0 Å². The topological polar surface area (TPSA) is 50.7 Å². The zero-order valence-electron chi connectivity index (χ0n) is 10.7. The van der Waals surface area contributed by atoms with Crippen LogP contribution in [0.5, 0.6) is 17.2 Å². The Labute approximate surface area is 117 Å². The second-order valence-corrected chi connectivity index (χ2v) is 5.45. The van der Waals surface area contributed by atoms with E-state index in [0.29, 0.717) is 29.7 Å². The van der Waals surface area contributed by atoms with Gasteiger partial charge in [-0.2, -0.15) is 0 Å². The second-order valence-electron chi connectivity index (χ2n) is 5.04. The molecule has 2 N–H and O–H groups in total. The first kappa shape index (κ1) is 12.9. The van der Waals surface area contributed by atoms with Gasteiger partial charge in [0.1, 0.15) is 5.75 Å². The van der Waals surface area contributed by atoms with E-state index in [9.17, 15) is 5.11 Å². The molecule has 2 aliphatic heterocycles. The Morgan fingerprint density at radius 1 is 1.26 bits per heavy atom. The molecule has 0 aliphatic carbocycles. The number of hydrogen-bond acceptors (Lipinski definition) is 4. The molecule has 0 aromatic heterocycles. The van der Waals surface area contributed by atoms with E-state index < -0.39 is 0 Å². The average Bonchev–Trinajstić information content (AvgIpc) is 2.66. The largest absolute Gasteiger partial charge is 0.506 e. The first-order valence-electron chi connectivity index (χ1n) is 6.79. The van der Waals surface area contributed by atoms with Crippen LogP contribution in [0, 0.1) is 0 Å². The van der Waals surface area contributed by atoms with Crippen molar-refractivity contribution in [3.8, 4) is 17.2 Å². The van der Waals surface area contributed by atoms with E-state index in [1.807, 2.05) is 0 Å². The average molecular weight is 284 g/mol. The van der Waals surface area contributed by atoms with Crippen molar-refractivity contribution in [3.63, 3.8) is 0 Å². The van der Waals surface area contributed by atoms with Gasteiger partial charge in [-0.3, -0.25) is 0 Å². The summed E-state index contributed by atoms with van der Waals surface area (Å²) in [6, 6.07) is 1.65. The predicted octanol–water partition coefficient (Wildman–Crippen LogP) is 2.67. The summed E-state index contributed by atoms with van der Waals surface area (Å²) in [5.74, 6) is 1.69. The smallest absolute Gasteiger partial charge is 0.168 e. The van der Waals surface area contributed by atoms with Gasteiger partial charge in [0.15, 0.2) is 11.5 Å². The summed E-state index contributed by atoms with van der Waals surface area (Å²) in [7, 11) is 0. The normalized spacial score (nSPS) is 22.9. The standard InChI is InChI=1S/C14H18ClNO3/c15-10-7-11-14(19-6-2-5-18-11)12(13(10)17)9-3-1-4-16-8-9/h7,9,16-17H,1-6,8H2. The maximum Gasteiger partial charge on any atom is 0.168 e. The van der Waals surface area contributed by atoms with E-state index in [1.165, 1.54) is 0 Å². The van der Waals surface area contributed by atoms with E-state index in [-0.39, 0.29) is 11.7 Å². The van der Waals surface area contributed by atoms with Gasteiger partial charge >= 0.3 is 0 Å². The van der Waals surface area contributed by atoms with Gasteiger partial charge in [-0.25, -0.2) is 0 Å². The zero-order chi connectivity index (χ0) is 13.2. The monoisotopic (exact) mass is 283 g/mol. The molecule has 1 fully saturated rings. The number of ether oxygens (including phenoxy) is 2. The molecule has 19 heavy (non-hydrogen) atoms. The number of phenols is 1. The van der Waals surface area contributed by atoms with Crippen molar-refractivity contribution < 1.29 is 14.6 Å². The molecule has 2 aliphatic rings. The van der Waals surface area contributed by atoms with Crippen molar-refractivity contribution in [1.82, 2.24) is 5.32 Å². The molecule has 1 aromatic rings. The van der Waals surface area contributed by atoms with Gasteiger partial charge in [0.05, 0.1) is 18.2 Å². The van der Waals surface area contributed by atoms with Crippen molar-refractivity contribution in [2.75, 3.05) is 26.3 Å². The van der Waals surface area contributed by atoms with Gasteiger partial charge in [-0.05, 0) is 19.4 Å². The molecular formula is C14H18ClNO3. The minimum Gasteiger partial charge on any atom is -0.506 e. The van der Waals surface area contributed by atoms with E-state index >= 15 is 0 Å². The predicted molar refractivity (Wildman–Crippen MR) is 73.6 cm³/mol. The van der Waals surface area contributed by atoms with Gasteiger partial charge in [0.2, 0.25) is 0 Å². The molecular weight excluding hydrogens is 266 g/mol. The van der Waals surface area contributed by atoms with Gasteiger partial charge < -0.3 is 19.9 Å². The Hall–Kier alpha value is -1.13. The van der Waals surface area contributed by atoms with Gasteiger partial charge in [-0.1, -0.05) is 11.6 Å². The molecule has 0 amide bonds. The fourth-order valence-corrected chi connectivity index (χ4v) is 2.97. The number of aromatic hydroxyl groups is 1. The minimum atomic E-state index is 0.139. The molecule has 0 bridgehead atoms. The van der Waals surface area contributed by atoms with Crippen LogP contribution in [0.2, 0.25) is 5.02 Å². The van der Waals surface area contributed by atoms with Crippen LogP contribution in [-0.4, -0.2) is 31.4 Å². The highest BCUT2D eigenvalue weighted by molar-refractivity contribution is 6.32. The molecule has 1 aromatic carbocycles. The number of nitrogens with one attached hydrogen (secondary N) is 1. The molecule has 0 saturated carbocycles. The minimum absolute atomic E-state index is 0.139. The molecule has 5 heteroatoms. The van der Waals surface area contributed by atoms with Gasteiger partial charge in [-0.15, -0.1) is 0 Å². The number of fused-ring (bicyclic) bond motifs is 1. The lowest BCUT2D eigenvalue weighted by Gasteiger charge is -2.26. The van der Waals surface area contributed by atoms with Crippen LogP contribution in [0.1, 0.15) is 30.7 Å². The molecule has 1 unspecified atom stereocenters. The number of piperidine rings is 1. The Kier molecular flexibility index (Phi) is 3.71. The molecule has 3 rings (SSSR count). The fraction of sp³-hybridized carbons (Fsp3) is 0.571. The van der Waals surface area contributed by atoms with Crippen molar-refractivity contribution >= 4 is 11.6 Å². The fourth-order valence-electron chi connectivity index (χ4n) is 2.77. The molecule has 104 valence electrons. The van der Waals surface area contributed by atoms with Gasteiger partial charge in [0, 0.05) is 30.5 Å². The Morgan fingerprint density at radius 2 is 2.11 bits per heavy atom. The summed E-state index contributed by atoms with van der Waals surface area (Å²) in [4.78, 5) is 0. The molecule has 1 saturated heterocycles. The van der Waals surface area contributed by atoms with Crippen LogP contribution in [0.3, 0.4) is 0 Å². The maximum absolute atomic E-state index is 10.3. The van der Waals surface area contributed by atoms with Crippen molar-refractivity contribution in [1.29, 1.82) is 0 Å². The molecule has 1 atom stereocenters. The lowest BCUT2D eigenvalue weighted by molar-refractivity contribution is 0.294. The van der Waals surface area contributed by atoms with Crippen molar-refractivity contribution in [3.05, 3.63) is 16.7 Å². The first-order chi connectivity index (χ1) is 9.27. The zero-order valence-corrected chi connectivity index (χ0v) is 11.5. The van der Waals surface area contributed by atoms with E-state index in [0.717, 1.165) is 37.9 Å². The summed E-state index contributed by atoms with van der Waals surface area (Å²) < 4.78 is 11.5. The van der Waals surface area contributed by atoms with Crippen LogP contribution in [0.4, 0.5) is 0 Å². The third-order valence-corrected chi connectivity index (χ3v) is 3.99. The highest BCUT2D eigenvalue weighted by Crippen LogP contribution is 2.48. The maximum atomic E-state index is 10.3. The summed E-state index contributed by atoms with van der Waals surface area (Å²) in [5.41, 5.74) is 0.802. The Morgan fingerprint density at radius 3 is 2.89 bits per heavy atom. The van der Waals surface area contributed by atoms with Crippen LogP contribution in [0.15, 0.2) is 6.07 Å². The summed E-state index contributed by atoms with van der Waals surface area (Å²) in [6.45, 7) is 3.10. The summed E-state index contributed by atoms with van der Waals surface area (Å²) in [6.07, 6.45) is 2.96.